The predicted octanol–water partition coefficient (Wildman–Crippen LogP) is -4.72. The molecule has 0 aliphatic carbocycles. The topological polar surface area (TPSA) is 94.8 Å². The molecule has 0 unspecified atom stereocenters. The first kappa shape index (κ1) is 7.99. The number of hydrogen-bond donors (Lipinski definition) is 3. The lowest BCUT2D eigenvalue weighted by Gasteiger charge is -1.93. The largest absolute Gasteiger partial charge is 1.00 e. The molecular formula is C2H6ClN6-. The van der Waals surface area contributed by atoms with Crippen LogP contribution in [0.25, 0.3) is 0 Å². The number of nitrogens with one attached hydrogen (secondary N) is 1. The van der Waals surface area contributed by atoms with Crippen LogP contribution in [0.4, 0.5) is 5.95 Å². The Balaban J connectivity index is 0.000000640. The Morgan fingerprint density at radius 1 is 1.67 bits per heavy atom. The summed E-state index contributed by atoms with van der Waals surface area (Å²) < 4.78 is 1.18. The molecule has 1 aromatic heterocycles. The van der Waals surface area contributed by atoms with E-state index in [2.05, 4.69) is 15.6 Å². The van der Waals surface area contributed by atoms with Crippen LogP contribution in [-0.2, 0) is 0 Å². The second-order valence-electron chi connectivity index (χ2n) is 1.21. The summed E-state index contributed by atoms with van der Waals surface area (Å²) >= 11 is 0. The number of halogens is 1. The number of nitrogens with two attached hydrogens (primary N) is 2. The number of rotatable bonds is 1. The van der Waals surface area contributed by atoms with Crippen LogP contribution in [0.15, 0.2) is 6.33 Å². The summed E-state index contributed by atoms with van der Waals surface area (Å²) in [5.41, 5.74) is 2.24. The molecule has 52 valence electrons. The Hall–Kier alpha value is -1.01. The van der Waals surface area contributed by atoms with E-state index in [4.69, 9.17) is 11.7 Å². The van der Waals surface area contributed by atoms with Crippen LogP contribution in [0.5, 0.6) is 0 Å². The van der Waals surface area contributed by atoms with Crippen molar-refractivity contribution in [2.24, 2.45) is 5.84 Å². The molecule has 0 radical (unpaired) electrons. The van der Waals surface area contributed by atoms with Gasteiger partial charge < -0.3 is 18.2 Å². The minimum atomic E-state index is 0. The van der Waals surface area contributed by atoms with Crippen molar-refractivity contribution < 1.29 is 12.4 Å². The Labute approximate surface area is 57.6 Å². The minimum Gasteiger partial charge on any atom is -1.00 e. The van der Waals surface area contributed by atoms with Gasteiger partial charge in [-0.3, -0.25) is 5.43 Å². The second kappa shape index (κ2) is 3.10. The van der Waals surface area contributed by atoms with Gasteiger partial charge in [-0.25, -0.2) is 10.5 Å². The fraction of sp³-hybridized carbons (Fsp3) is 0. The lowest BCUT2D eigenvalue weighted by molar-refractivity contribution is -0.00000190. The summed E-state index contributed by atoms with van der Waals surface area (Å²) in [5.74, 6) is 10.5. The zero-order chi connectivity index (χ0) is 5.98. The molecule has 0 aromatic carbocycles. The lowest BCUT2D eigenvalue weighted by atomic mass is 11.1. The number of aromatic nitrogens is 3. The summed E-state index contributed by atoms with van der Waals surface area (Å²) in [6, 6.07) is 0. The SMILES string of the molecule is NNc1nncn1N.[Cl-]. The van der Waals surface area contributed by atoms with E-state index in [0.717, 1.165) is 0 Å². The maximum absolute atomic E-state index is 5.20. The fourth-order valence-electron chi connectivity index (χ4n) is 0.346. The van der Waals surface area contributed by atoms with Gasteiger partial charge in [0.2, 0.25) is 0 Å². The number of hydrazine groups is 1. The van der Waals surface area contributed by atoms with Crippen molar-refractivity contribution >= 4 is 5.95 Å². The van der Waals surface area contributed by atoms with Gasteiger partial charge in [-0.1, -0.05) is 0 Å². The van der Waals surface area contributed by atoms with E-state index in [1.54, 1.807) is 0 Å². The fourth-order valence-corrected chi connectivity index (χ4v) is 0.346. The maximum atomic E-state index is 5.20. The van der Waals surface area contributed by atoms with E-state index >= 15 is 0 Å². The van der Waals surface area contributed by atoms with Crippen molar-refractivity contribution in [2.75, 3.05) is 11.3 Å². The number of hydrogen-bond acceptors (Lipinski definition) is 5. The molecule has 0 amide bonds. The molecule has 0 bridgehead atoms. The molecule has 1 aromatic rings. The third-order valence-electron chi connectivity index (χ3n) is 0.702. The summed E-state index contributed by atoms with van der Waals surface area (Å²) in [4.78, 5) is 0. The monoisotopic (exact) mass is 149 g/mol. The zero-order valence-corrected chi connectivity index (χ0v) is 5.21. The molecule has 0 saturated carbocycles. The van der Waals surface area contributed by atoms with E-state index in [1.165, 1.54) is 11.0 Å². The van der Waals surface area contributed by atoms with E-state index in [1.807, 2.05) is 0 Å². The average Bonchev–Trinajstić information content (AvgIpc) is 2.14. The number of anilines is 1. The molecule has 7 heteroatoms. The quantitative estimate of drug-likeness (QED) is 0.276. The third-order valence-corrected chi connectivity index (χ3v) is 0.702. The van der Waals surface area contributed by atoms with E-state index in [9.17, 15) is 0 Å². The normalized spacial score (nSPS) is 8.11. The number of nitrogens with zero attached hydrogens (tertiary/aromatic N) is 3. The van der Waals surface area contributed by atoms with Gasteiger partial charge in [0.25, 0.3) is 5.95 Å². The smallest absolute Gasteiger partial charge is 0.257 e. The number of nitrogen functional groups attached to an aromatic ring is 2. The van der Waals surface area contributed by atoms with Gasteiger partial charge in [-0.05, 0) is 0 Å². The van der Waals surface area contributed by atoms with Gasteiger partial charge in [-0.2, -0.15) is 0 Å². The van der Waals surface area contributed by atoms with Gasteiger partial charge in [0.15, 0.2) is 0 Å². The van der Waals surface area contributed by atoms with Gasteiger partial charge >= 0.3 is 0 Å². The molecule has 5 N–H and O–H groups in total. The summed E-state index contributed by atoms with van der Waals surface area (Å²) in [5, 5.41) is 6.92. The second-order valence-corrected chi connectivity index (χ2v) is 1.21. The van der Waals surface area contributed by atoms with Crippen molar-refractivity contribution in [3.05, 3.63) is 6.33 Å². The molecule has 0 aliphatic heterocycles. The standard InChI is InChI=1S/C2H6N6.ClH/c3-6-2-7-5-1-8(2)4;/h1H,3-4H2,(H,6,7);1H/p-1. The van der Waals surface area contributed by atoms with Crippen LogP contribution >= 0.6 is 0 Å². The van der Waals surface area contributed by atoms with Crippen molar-refractivity contribution in [1.82, 2.24) is 14.9 Å². The van der Waals surface area contributed by atoms with Gasteiger partial charge in [0.1, 0.15) is 6.33 Å². The van der Waals surface area contributed by atoms with Crippen LogP contribution in [-0.4, -0.2) is 14.9 Å². The molecule has 1 rings (SSSR count). The van der Waals surface area contributed by atoms with Gasteiger partial charge in [0, 0.05) is 0 Å². The highest BCUT2D eigenvalue weighted by Crippen LogP contribution is 1.89. The van der Waals surface area contributed by atoms with Crippen LogP contribution < -0.4 is 29.5 Å². The molecule has 0 aliphatic rings. The van der Waals surface area contributed by atoms with E-state index < -0.39 is 0 Å². The summed E-state index contributed by atoms with van der Waals surface area (Å²) in [7, 11) is 0. The van der Waals surface area contributed by atoms with Crippen molar-refractivity contribution in [3.63, 3.8) is 0 Å². The molecule has 1 heterocycles. The first-order valence-electron chi connectivity index (χ1n) is 1.96. The Morgan fingerprint density at radius 3 is 2.56 bits per heavy atom. The Kier molecular flexibility index (Phi) is 2.75. The molecule has 0 atom stereocenters. The molecule has 0 fully saturated rings. The zero-order valence-electron chi connectivity index (χ0n) is 4.45. The highest BCUT2D eigenvalue weighted by Gasteiger charge is 1.92. The van der Waals surface area contributed by atoms with E-state index in [-0.39, 0.29) is 12.4 Å². The lowest BCUT2D eigenvalue weighted by Crippen LogP contribution is -3.00. The summed E-state index contributed by atoms with van der Waals surface area (Å²) in [6.45, 7) is 0. The highest BCUT2D eigenvalue weighted by molar-refractivity contribution is 5.19. The predicted molar refractivity (Wildman–Crippen MR) is 28.0 cm³/mol. The van der Waals surface area contributed by atoms with Gasteiger partial charge in [-0.15, -0.1) is 10.2 Å². The van der Waals surface area contributed by atoms with Crippen LogP contribution in [0.1, 0.15) is 0 Å². The molecular weight excluding hydrogens is 144 g/mol. The minimum absolute atomic E-state index is 0. The van der Waals surface area contributed by atoms with Crippen molar-refractivity contribution in [3.8, 4) is 0 Å². The molecule has 9 heavy (non-hydrogen) atoms. The highest BCUT2D eigenvalue weighted by atomic mass is 35.5. The Morgan fingerprint density at radius 2 is 2.33 bits per heavy atom. The first-order chi connectivity index (χ1) is 3.84. The van der Waals surface area contributed by atoms with Crippen molar-refractivity contribution in [1.29, 1.82) is 0 Å². The van der Waals surface area contributed by atoms with E-state index in [0.29, 0.717) is 5.95 Å². The molecule has 0 spiro atoms. The Bertz CT molecular complexity index is 171. The average molecular weight is 150 g/mol. The van der Waals surface area contributed by atoms with Crippen molar-refractivity contribution in [2.45, 2.75) is 0 Å². The van der Waals surface area contributed by atoms with Crippen LogP contribution in [0.3, 0.4) is 0 Å². The van der Waals surface area contributed by atoms with Crippen LogP contribution in [0.2, 0.25) is 0 Å². The molecule has 6 nitrogen and oxygen atoms in total. The molecule has 0 saturated heterocycles. The van der Waals surface area contributed by atoms with Crippen LogP contribution in [0, 0.1) is 0 Å². The maximum Gasteiger partial charge on any atom is 0.257 e. The first-order valence-corrected chi connectivity index (χ1v) is 1.96. The third kappa shape index (κ3) is 1.44. The summed E-state index contributed by atoms with van der Waals surface area (Å²) in [6.07, 6.45) is 1.34. The van der Waals surface area contributed by atoms with Gasteiger partial charge in [0.05, 0.1) is 0 Å².